The molecule has 0 bridgehead atoms. The number of Topliss-reactive ketones (excluding diaryl/α,β-unsaturated/α-hetero) is 1. The van der Waals surface area contributed by atoms with E-state index < -0.39 is 17.7 Å². The number of ether oxygens (including phenoxy) is 1. The third-order valence-electron chi connectivity index (χ3n) is 5.67. The number of esters is 1. The Hall–Kier alpha value is -1.64. The van der Waals surface area contributed by atoms with Crippen LogP contribution in [0, 0.1) is 24.2 Å². The van der Waals surface area contributed by atoms with Crippen LogP contribution in [-0.2, 0) is 14.3 Å². The molecule has 2 unspecified atom stereocenters. The number of rotatable bonds is 13. The van der Waals surface area contributed by atoms with Crippen LogP contribution in [-0.4, -0.2) is 40.8 Å². The molecule has 4 atom stereocenters. The molecule has 5 nitrogen and oxygen atoms in total. The molecule has 2 N–H and O–H groups in total. The van der Waals surface area contributed by atoms with Crippen LogP contribution in [0.5, 0.6) is 0 Å². The first-order valence-corrected chi connectivity index (χ1v) is 10.5. The Kier molecular flexibility index (Phi) is 11.1. The van der Waals surface area contributed by atoms with Crippen molar-refractivity contribution >= 4 is 11.8 Å². The van der Waals surface area contributed by atoms with E-state index in [1.807, 2.05) is 6.08 Å². The average Bonchev–Trinajstić information content (AvgIpc) is 3.05. The summed E-state index contributed by atoms with van der Waals surface area (Å²) in [7, 11) is 1.26. The maximum absolute atomic E-state index is 12.2. The van der Waals surface area contributed by atoms with Gasteiger partial charge in [0, 0.05) is 18.8 Å². The molecular formula is C23H36O5. The van der Waals surface area contributed by atoms with Crippen LogP contribution in [0.4, 0.5) is 0 Å². The van der Waals surface area contributed by atoms with Gasteiger partial charge in [0.1, 0.15) is 11.4 Å². The molecule has 1 saturated carbocycles. The summed E-state index contributed by atoms with van der Waals surface area (Å²) in [5.41, 5.74) is -1.09. The lowest BCUT2D eigenvalue weighted by molar-refractivity contribution is -0.150. The van der Waals surface area contributed by atoms with Crippen molar-refractivity contribution in [2.75, 3.05) is 7.11 Å². The molecule has 0 aromatic rings. The molecule has 1 aliphatic rings. The van der Waals surface area contributed by atoms with Crippen LogP contribution in [0.3, 0.4) is 0 Å². The van der Waals surface area contributed by atoms with Crippen LogP contribution in [0.1, 0.15) is 77.6 Å². The van der Waals surface area contributed by atoms with Crippen molar-refractivity contribution in [1.82, 2.24) is 0 Å². The van der Waals surface area contributed by atoms with Crippen LogP contribution in [0.25, 0.3) is 0 Å². The fourth-order valence-corrected chi connectivity index (χ4v) is 3.81. The quantitative estimate of drug-likeness (QED) is 0.217. The summed E-state index contributed by atoms with van der Waals surface area (Å²) >= 11 is 0. The molecule has 0 radical (unpaired) electrons. The molecule has 0 spiro atoms. The lowest BCUT2D eigenvalue weighted by atomic mass is 9.88. The third-order valence-corrected chi connectivity index (χ3v) is 5.67. The minimum atomic E-state index is -1.09. The van der Waals surface area contributed by atoms with Gasteiger partial charge in [0.25, 0.3) is 0 Å². The standard InChI is InChI=1S/C23H36O5/c1-4-6-16-23(27,5-2)17-10-11-18-14-15-20(24)19(18)12-8-7-9-13-21(25)22(26)28-3/h2,10-11,18-19,21,25,27H,4,6-9,12-17H2,1,3H3/t18-,19+,21?,23?/m0/s1. The van der Waals surface area contributed by atoms with Gasteiger partial charge in [0.05, 0.1) is 7.11 Å². The Balaban J connectivity index is 2.41. The lowest BCUT2D eigenvalue weighted by Crippen LogP contribution is -2.25. The van der Waals surface area contributed by atoms with E-state index in [9.17, 15) is 19.8 Å². The molecule has 0 aromatic heterocycles. The number of ketones is 1. The first-order chi connectivity index (χ1) is 13.4. The molecule has 1 aliphatic carbocycles. The molecular weight excluding hydrogens is 356 g/mol. The molecule has 1 fully saturated rings. The second-order valence-electron chi connectivity index (χ2n) is 7.86. The molecule has 158 valence electrons. The van der Waals surface area contributed by atoms with Crippen molar-refractivity contribution in [2.45, 2.75) is 89.3 Å². The normalized spacial score (nSPS) is 22.8. The minimum Gasteiger partial charge on any atom is -0.467 e. The van der Waals surface area contributed by atoms with Crippen LogP contribution in [0.15, 0.2) is 12.2 Å². The number of carbonyl (C=O) groups is 2. The van der Waals surface area contributed by atoms with E-state index in [2.05, 4.69) is 23.7 Å². The maximum atomic E-state index is 12.2. The number of hydrogen-bond acceptors (Lipinski definition) is 5. The monoisotopic (exact) mass is 392 g/mol. The highest BCUT2D eigenvalue weighted by atomic mass is 16.5. The Morgan fingerprint density at radius 3 is 2.79 bits per heavy atom. The molecule has 0 amide bonds. The summed E-state index contributed by atoms with van der Waals surface area (Å²) in [6.07, 6.45) is 16.5. The highest BCUT2D eigenvalue weighted by molar-refractivity contribution is 5.83. The van der Waals surface area contributed by atoms with Gasteiger partial charge in [-0.2, -0.15) is 0 Å². The second kappa shape index (κ2) is 12.7. The number of terminal acetylenes is 1. The topological polar surface area (TPSA) is 83.8 Å². The molecule has 5 heteroatoms. The minimum absolute atomic E-state index is 0.0244. The lowest BCUT2D eigenvalue weighted by Gasteiger charge is -2.21. The first-order valence-electron chi connectivity index (χ1n) is 10.5. The van der Waals surface area contributed by atoms with E-state index in [0.717, 1.165) is 44.9 Å². The van der Waals surface area contributed by atoms with E-state index in [0.29, 0.717) is 31.5 Å². The molecule has 0 saturated heterocycles. The number of hydrogen-bond donors (Lipinski definition) is 2. The summed E-state index contributed by atoms with van der Waals surface area (Å²) in [6, 6.07) is 0. The number of carbonyl (C=O) groups excluding carboxylic acids is 2. The number of unbranched alkanes of at least 4 members (excludes halogenated alkanes) is 3. The van der Waals surface area contributed by atoms with E-state index in [4.69, 9.17) is 6.42 Å². The van der Waals surface area contributed by atoms with Crippen molar-refractivity contribution in [3.05, 3.63) is 12.2 Å². The maximum Gasteiger partial charge on any atom is 0.334 e. The predicted molar refractivity (Wildman–Crippen MR) is 109 cm³/mol. The average molecular weight is 393 g/mol. The van der Waals surface area contributed by atoms with Crippen LogP contribution in [0.2, 0.25) is 0 Å². The van der Waals surface area contributed by atoms with Gasteiger partial charge in [-0.05, 0) is 38.0 Å². The molecule has 0 aliphatic heterocycles. The third kappa shape index (κ3) is 8.16. The van der Waals surface area contributed by atoms with E-state index in [1.54, 1.807) is 0 Å². The smallest absolute Gasteiger partial charge is 0.334 e. The number of aliphatic hydroxyl groups excluding tert-OH is 1. The molecule has 0 heterocycles. The summed E-state index contributed by atoms with van der Waals surface area (Å²) < 4.78 is 4.50. The van der Waals surface area contributed by atoms with E-state index in [1.165, 1.54) is 7.11 Å². The Morgan fingerprint density at radius 2 is 2.14 bits per heavy atom. The van der Waals surface area contributed by atoms with Gasteiger partial charge in [0.2, 0.25) is 0 Å². The Bertz CT molecular complexity index is 562. The molecule has 0 aromatic carbocycles. The number of aliphatic hydroxyl groups is 2. The van der Waals surface area contributed by atoms with Crippen molar-refractivity contribution in [3.63, 3.8) is 0 Å². The van der Waals surface area contributed by atoms with Gasteiger partial charge in [-0.15, -0.1) is 6.42 Å². The molecule has 28 heavy (non-hydrogen) atoms. The second-order valence-corrected chi connectivity index (χ2v) is 7.86. The zero-order valence-corrected chi connectivity index (χ0v) is 17.4. The highest BCUT2D eigenvalue weighted by Gasteiger charge is 2.32. The van der Waals surface area contributed by atoms with Gasteiger partial charge in [-0.3, -0.25) is 4.79 Å². The van der Waals surface area contributed by atoms with E-state index >= 15 is 0 Å². The largest absolute Gasteiger partial charge is 0.467 e. The van der Waals surface area contributed by atoms with Gasteiger partial charge >= 0.3 is 5.97 Å². The fraction of sp³-hybridized carbons (Fsp3) is 0.739. The zero-order chi connectivity index (χ0) is 21.0. The Morgan fingerprint density at radius 1 is 1.39 bits per heavy atom. The fourth-order valence-electron chi connectivity index (χ4n) is 3.81. The van der Waals surface area contributed by atoms with Gasteiger partial charge in [-0.1, -0.05) is 50.7 Å². The Labute approximate surface area is 169 Å². The SMILES string of the molecule is C#CC(O)(CC=C[C@H]1CCC(=O)[C@@H]1CCCCCC(O)C(=O)OC)CCCC. The van der Waals surface area contributed by atoms with E-state index in [-0.39, 0.29) is 11.8 Å². The highest BCUT2D eigenvalue weighted by Crippen LogP contribution is 2.34. The number of allylic oxidation sites excluding steroid dienone is 1. The van der Waals surface area contributed by atoms with Crippen molar-refractivity contribution in [1.29, 1.82) is 0 Å². The van der Waals surface area contributed by atoms with Crippen molar-refractivity contribution < 1.29 is 24.5 Å². The number of methoxy groups -OCH3 is 1. The van der Waals surface area contributed by atoms with Crippen LogP contribution >= 0.6 is 0 Å². The summed E-state index contributed by atoms with van der Waals surface area (Å²) in [5, 5.41) is 20.0. The molecule has 1 rings (SSSR count). The van der Waals surface area contributed by atoms with Crippen molar-refractivity contribution in [3.8, 4) is 12.3 Å². The van der Waals surface area contributed by atoms with Crippen LogP contribution < -0.4 is 0 Å². The predicted octanol–water partition coefficient (Wildman–Crippen LogP) is 3.57. The first kappa shape index (κ1) is 24.4. The zero-order valence-electron chi connectivity index (χ0n) is 17.4. The summed E-state index contributed by atoms with van der Waals surface area (Å²) in [4.78, 5) is 23.4. The summed E-state index contributed by atoms with van der Waals surface area (Å²) in [5.74, 6) is 2.46. The van der Waals surface area contributed by atoms with Gasteiger partial charge in [0.15, 0.2) is 6.10 Å². The summed E-state index contributed by atoms with van der Waals surface area (Å²) in [6.45, 7) is 2.07. The van der Waals surface area contributed by atoms with Gasteiger partial charge in [-0.25, -0.2) is 4.79 Å². The van der Waals surface area contributed by atoms with Gasteiger partial charge < -0.3 is 14.9 Å². The van der Waals surface area contributed by atoms with Crippen molar-refractivity contribution in [2.24, 2.45) is 11.8 Å².